The Morgan fingerprint density at radius 3 is 2.76 bits per heavy atom. The summed E-state index contributed by atoms with van der Waals surface area (Å²) in [6.45, 7) is 3.92. The van der Waals surface area contributed by atoms with E-state index in [1.165, 1.54) is 16.0 Å². The fourth-order valence-electron chi connectivity index (χ4n) is 3.85. The van der Waals surface area contributed by atoms with Crippen LogP contribution in [0.4, 0.5) is 5.69 Å². The normalized spacial score (nSPS) is 16.2. The quantitative estimate of drug-likeness (QED) is 0.592. The molecule has 0 saturated carbocycles. The van der Waals surface area contributed by atoms with Gasteiger partial charge in [0.1, 0.15) is 5.75 Å². The van der Waals surface area contributed by atoms with Gasteiger partial charge < -0.3 is 10.1 Å². The lowest BCUT2D eigenvalue weighted by Crippen LogP contribution is -2.40. The number of thiophene rings is 1. The maximum absolute atomic E-state index is 12.9. The molecule has 1 amide bonds. The third-order valence-electron chi connectivity index (χ3n) is 5.15. The van der Waals surface area contributed by atoms with E-state index in [2.05, 4.69) is 52.9 Å². The number of fused-ring (bicyclic) bond motifs is 1. The summed E-state index contributed by atoms with van der Waals surface area (Å²) in [5.41, 5.74) is 3.29. The Morgan fingerprint density at radius 1 is 1.14 bits per heavy atom. The van der Waals surface area contributed by atoms with Gasteiger partial charge in [-0.1, -0.05) is 49.4 Å². The number of rotatable bonds is 7. The second-order valence-corrected chi connectivity index (χ2v) is 8.23. The van der Waals surface area contributed by atoms with Gasteiger partial charge in [0.25, 0.3) is 0 Å². The number of para-hydroxylation sites is 2. The molecule has 0 spiro atoms. The van der Waals surface area contributed by atoms with Gasteiger partial charge in [0.2, 0.25) is 5.91 Å². The van der Waals surface area contributed by atoms with Crippen molar-refractivity contribution in [3.05, 3.63) is 82.0 Å². The van der Waals surface area contributed by atoms with Gasteiger partial charge in [-0.05, 0) is 47.5 Å². The highest BCUT2D eigenvalue weighted by atomic mass is 32.1. The van der Waals surface area contributed by atoms with E-state index in [4.69, 9.17) is 4.74 Å². The molecule has 1 aliphatic rings. The predicted molar refractivity (Wildman–Crippen MR) is 119 cm³/mol. The molecule has 1 atom stereocenters. The molecule has 2 aromatic carbocycles. The van der Waals surface area contributed by atoms with Crippen molar-refractivity contribution in [1.29, 1.82) is 0 Å². The van der Waals surface area contributed by atoms with Crippen LogP contribution in [0.1, 0.15) is 35.4 Å². The lowest BCUT2D eigenvalue weighted by Gasteiger charge is -2.35. The summed E-state index contributed by atoms with van der Waals surface area (Å²) in [6, 6.07) is 20.4. The SMILES string of the molecule is CCCOc1ccccc1NC(=O)CN1CCc2sccc2C1c1ccccc1. The summed E-state index contributed by atoms with van der Waals surface area (Å²) in [7, 11) is 0. The zero-order chi connectivity index (χ0) is 20.1. The Labute approximate surface area is 176 Å². The Morgan fingerprint density at radius 2 is 1.93 bits per heavy atom. The van der Waals surface area contributed by atoms with Crippen molar-refractivity contribution >= 4 is 22.9 Å². The number of carbonyl (C=O) groups is 1. The smallest absolute Gasteiger partial charge is 0.238 e. The first-order chi connectivity index (χ1) is 14.3. The van der Waals surface area contributed by atoms with Crippen LogP contribution >= 0.6 is 11.3 Å². The molecule has 0 fully saturated rings. The van der Waals surface area contributed by atoms with Gasteiger partial charge in [0.15, 0.2) is 0 Å². The van der Waals surface area contributed by atoms with Crippen molar-refractivity contribution in [2.45, 2.75) is 25.8 Å². The molecule has 4 rings (SSSR count). The number of benzene rings is 2. The third-order valence-corrected chi connectivity index (χ3v) is 6.15. The molecule has 29 heavy (non-hydrogen) atoms. The molecule has 4 nitrogen and oxygen atoms in total. The third kappa shape index (κ3) is 4.52. The Hall–Kier alpha value is -2.63. The number of hydrogen-bond acceptors (Lipinski definition) is 4. The zero-order valence-electron chi connectivity index (χ0n) is 16.6. The largest absolute Gasteiger partial charge is 0.491 e. The monoisotopic (exact) mass is 406 g/mol. The van der Waals surface area contributed by atoms with E-state index < -0.39 is 0 Å². The van der Waals surface area contributed by atoms with Crippen LogP contribution in [-0.2, 0) is 11.2 Å². The van der Waals surface area contributed by atoms with Crippen LogP contribution in [0.5, 0.6) is 5.75 Å². The lowest BCUT2D eigenvalue weighted by atomic mass is 9.93. The Bertz CT molecular complexity index is 954. The highest BCUT2D eigenvalue weighted by Gasteiger charge is 2.30. The van der Waals surface area contributed by atoms with E-state index in [0.29, 0.717) is 13.2 Å². The first kappa shape index (κ1) is 19.7. The molecular weight excluding hydrogens is 380 g/mol. The molecule has 0 radical (unpaired) electrons. The molecule has 0 saturated heterocycles. The number of nitrogens with one attached hydrogen (secondary N) is 1. The minimum atomic E-state index is -0.0165. The van der Waals surface area contributed by atoms with Gasteiger partial charge in [-0.15, -0.1) is 11.3 Å². The average Bonchev–Trinajstić information content (AvgIpc) is 3.22. The summed E-state index contributed by atoms with van der Waals surface area (Å²) >= 11 is 1.81. The van der Waals surface area contributed by atoms with Crippen LogP contribution in [0.15, 0.2) is 66.0 Å². The van der Waals surface area contributed by atoms with E-state index >= 15 is 0 Å². The Balaban J connectivity index is 1.52. The molecule has 3 aromatic rings. The van der Waals surface area contributed by atoms with Gasteiger partial charge in [-0.2, -0.15) is 0 Å². The van der Waals surface area contributed by atoms with Crippen LogP contribution in [0.3, 0.4) is 0 Å². The first-order valence-corrected chi connectivity index (χ1v) is 11.0. The van der Waals surface area contributed by atoms with E-state index in [1.54, 1.807) is 0 Å². The first-order valence-electron chi connectivity index (χ1n) is 10.1. The summed E-state index contributed by atoms with van der Waals surface area (Å²) in [5.74, 6) is 0.707. The maximum Gasteiger partial charge on any atom is 0.238 e. The highest BCUT2D eigenvalue weighted by Crippen LogP contribution is 2.37. The fraction of sp³-hybridized carbons (Fsp3) is 0.292. The number of amides is 1. The van der Waals surface area contributed by atoms with Gasteiger partial charge in [0.05, 0.1) is 24.9 Å². The summed E-state index contributed by atoms with van der Waals surface area (Å²) in [5, 5.41) is 5.21. The van der Waals surface area contributed by atoms with E-state index in [9.17, 15) is 4.79 Å². The molecule has 0 aliphatic carbocycles. The average molecular weight is 407 g/mol. The fourth-order valence-corrected chi connectivity index (χ4v) is 4.75. The molecular formula is C24H26N2O2S. The lowest BCUT2D eigenvalue weighted by molar-refractivity contribution is -0.117. The standard InChI is InChI=1S/C24H26N2O2S/c1-2-15-28-21-11-7-6-10-20(21)25-23(27)17-26-14-12-22-19(13-16-29-22)24(26)18-8-4-3-5-9-18/h3-11,13,16,24H,2,12,14-15,17H2,1H3,(H,25,27). The van der Waals surface area contributed by atoms with Crippen molar-refractivity contribution in [3.63, 3.8) is 0 Å². The zero-order valence-corrected chi connectivity index (χ0v) is 17.5. The van der Waals surface area contributed by atoms with Crippen LogP contribution in [0.25, 0.3) is 0 Å². The van der Waals surface area contributed by atoms with E-state index in [0.717, 1.165) is 30.8 Å². The van der Waals surface area contributed by atoms with Gasteiger partial charge in [-0.25, -0.2) is 0 Å². The minimum Gasteiger partial charge on any atom is -0.491 e. The summed E-state index contributed by atoms with van der Waals surface area (Å²) < 4.78 is 5.78. The molecule has 5 heteroatoms. The van der Waals surface area contributed by atoms with Crippen molar-refractivity contribution in [1.82, 2.24) is 4.90 Å². The van der Waals surface area contributed by atoms with E-state index in [1.807, 2.05) is 41.7 Å². The van der Waals surface area contributed by atoms with Crippen molar-refractivity contribution in [3.8, 4) is 5.75 Å². The van der Waals surface area contributed by atoms with E-state index in [-0.39, 0.29) is 11.9 Å². The van der Waals surface area contributed by atoms with Gasteiger partial charge >= 0.3 is 0 Å². The topological polar surface area (TPSA) is 41.6 Å². The second kappa shape index (κ2) is 9.25. The van der Waals surface area contributed by atoms with Crippen LogP contribution < -0.4 is 10.1 Å². The molecule has 150 valence electrons. The maximum atomic E-state index is 12.9. The minimum absolute atomic E-state index is 0.0165. The van der Waals surface area contributed by atoms with Crippen LogP contribution in [0, 0.1) is 0 Å². The number of hydrogen-bond donors (Lipinski definition) is 1. The number of anilines is 1. The van der Waals surface area contributed by atoms with Crippen molar-refractivity contribution in [2.24, 2.45) is 0 Å². The van der Waals surface area contributed by atoms with Crippen LogP contribution in [0.2, 0.25) is 0 Å². The molecule has 1 N–H and O–H groups in total. The molecule has 0 bridgehead atoms. The van der Waals surface area contributed by atoms with Crippen LogP contribution in [-0.4, -0.2) is 30.5 Å². The van der Waals surface area contributed by atoms with Gasteiger partial charge in [-0.3, -0.25) is 9.69 Å². The summed E-state index contributed by atoms with van der Waals surface area (Å²) in [6.07, 6.45) is 1.91. The molecule has 2 heterocycles. The summed E-state index contributed by atoms with van der Waals surface area (Å²) in [4.78, 5) is 16.6. The molecule has 1 unspecified atom stereocenters. The number of ether oxygens (including phenoxy) is 1. The molecule has 1 aliphatic heterocycles. The molecule has 1 aromatic heterocycles. The second-order valence-electron chi connectivity index (χ2n) is 7.23. The van der Waals surface area contributed by atoms with Gasteiger partial charge in [0, 0.05) is 11.4 Å². The van der Waals surface area contributed by atoms with Crippen molar-refractivity contribution in [2.75, 3.05) is 25.0 Å². The predicted octanol–water partition coefficient (Wildman–Crippen LogP) is 5.12. The Kier molecular flexibility index (Phi) is 6.27. The highest BCUT2D eigenvalue weighted by molar-refractivity contribution is 7.10. The number of carbonyl (C=O) groups excluding carboxylic acids is 1. The van der Waals surface area contributed by atoms with Crippen molar-refractivity contribution < 1.29 is 9.53 Å². The number of nitrogens with zero attached hydrogens (tertiary/aromatic N) is 1.